The third-order valence-corrected chi connectivity index (χ3v) is 4.79. The lowest BCUT2D eigenvalue weighted by Gasteiger charge is -2.06. The van der Waals surface area contributed by atoms with Crippen LogP contribution in [0.1, 0.15) is 0 Å². The van der Waals surface area contributed by atoms with Gasteiger partial charge in [-0.1, -0.05) is 0 Å². The molecule has 0 amide bonds. The second kappa shape index (κ2) is 4.24. The highest BCUT2D eigenvalue weighted by Crippen LogP contribution is 2.42. The lowest BCUT2D eigenvalue weighted by molar-refractivity contribution is 0.565. The van der Waals surface area contributed by atoms with Crippen LogP contribution < -0.4 is 10.0 Å². The fraction of sp³-hybridized carbons (Fsp3) is 0.667. The van der Waals surface area contributed by atoms with Crippen molar-refractivity contribution < 1.29 is 8.42 Å². The highest BCUT2D eigenvalue weighted by molar-refractivity contribution is 7.89. The molecule has 1 saturated heterocycles. The minimum Gasteiger partial charge on any atom is -0.316 e. The van der Waals surface area contributed by atoms with Gasteiger partial charge in [-0.2, -0.15) is 5.10 Å². The second-order valence-corrected chi connectivity index (χ2v) is 6.20. The largest absolute Gasteiger partial charge is 0.316 e. The Morgan fingerprint density at radius 3 is 2.65 bits per heavy atom. The summed E-state index contributed by atoms with van der Waals surface area (Å²) in [6.07, 6.45) is 2.89. The van der Waals surface area contributed by atoms with Crippen LogP contribution >= 0.6 is 12.4 Å². The number of hydrogen-bond donors (Lipinski definition) is 2. The predicted octanol–water partition coefficient (Wildman–Crippen LogP) is -0.662. The van der Waals surface area contributed by atoms with Gasteiger partial charge in [0, 0.05) is 19.3 Å². The van der Waals surface area contributed by atoms with Gasteiger partial charge in [-0.05, 0) is 24.9 Å². The van der Waals surface area contributed by atoms with E-state index in [2.05, 4.69) is 15.1 Å². The number of piperidine rings is 1. The predicted molar refractivity (Wildman–Crippen MR) is 64.4 cm³/mol. The normalized spacial score (nSPS) is 30.8. The standard InChI is InChI=1S/C9H14N4O2S.ClH/c1-13-5-6(2-11-13)16(14,15)12-9-7-3-10-4-8(7)9;/h2,5,7-10,12H,3-4H2,1H3;1H. The maximum atomic E-state index is 11.9. The van der Waals surface area contributed by atoms with E-state index in [9.17, 15) is 8.42 Å². The van der Waals surface area contributed by atoms with Crippen molar-refractivity contribution in [3.05, 3.63) is 12.4 Å². The maximum absolute atomic E-state index is 11.9. The van der Waals surface area contributed by atoms with Crippen LogP contribution in [0.5, 0.6) is 0 Å². The van der Waals surface area contributed by atoms with Gasteiger partial charge in [0.1, 0.15) is 4.90 Å². The smallest absolute Gasteiger partial charge is 0.243 e. The lowest BCUT2D eigenvalue weighted by atomic mass is 10.4. The summed E-state index contributed by atoms with van der Waals surface area (Å²) in [7, 11) is -1.68. The average molecular weight is 279 g/mol. The highest BCUT2D eigenvalue weighted by atomic mass is 35.5. The minimum atomic E-state index is -3.38. The quantitative estimate of drug-likeness (QED) is 0.770. The molecule has 1 aromatic rings. The molecule has 1 aliphatic heterocycles. The van der Waals surface area contributed by atoms with Crippen LogP contribution in [-0.4, -0.2) is 37.3 Å². The fourth-order valence-corrected chi connectivity index (χ4v) is 3.70. The molecule has 2 unspecified atom stereocenters. The van der Waals surface area contributed by atoms with Crippen molar-refractivity contribution in [2.45, 2.75) is 10.9 Å². The molecule has 17 heavy (non-hydrogen) atoms. The topological polar surface area (TPSA) is 76.0 Å². The van der Waals surface area contributed by atoms with E-state index in [-0.39, 0.29) is 23.3 Å². The summed E-state index contributed by atoms with van der Waals surface area (Å²) >= 11 is 0. The first kappa shape index (κ1) is 12.8. The summed E-state index contributed by atoms with van der Waals surface area (Å²) in [6.45, 7) is 1.84. The number of aryl methyl sites for hydroxylation is 1. The Morgan fingerprint density at radius 2 is 2.12 bits per heavy atom. The van der Waals surface area contributed by atoms with Crippen LogP contribution in [0.15, 0.2) is 17.3 Å². The van der Waals surface area contributed by atoms with Crippen LogP contribution in [0.4, 0.5) is 0 Å². The molecule has 1 saturated carbocycles. The van der Waals surface area contributed by atoms with Crippen molar-refractivity contribution in [3.63, 3.8) is 0 Å². The zero-order chi connectivity index (χ0) is 11.3. The second-order valence-electron chi connectivity index (χ2n) is 4.48. The Labute approximate surface area is 106 Å². The van der Waals surface area contributed by atoms with Crippen molar-refractivity contribution >= 4 is 22.4 Å². The highest BCUT2D eigenvalue weighted by Gasteiger charge is 2.54. The molecule has 8 heteroatoms. The van der Waals surface area contributed by atoms with Crippen LogP contribution in [0.25, 0.3) is 0 Å². The van der Waals surface area contributed by atoms with Gasteiger partial charge in [-0.3, -0.25) is 4.68 Å². The summed E-state index contributed by atoms with van der Waals surface area (Å²) in [5, 5.41) is 7.10. The van der Waals surface area contributed by atoms with Crippen LogP contribution in [0.2, 0.25) is 0 Å². The molecule has 0 spiro atoms. The van der Waals surface area contributed by atoms with E-state index in [4.69, 9.17) is 0 Å². The summed E-state index contributed by atoms with van der Waals surface area (Å²) in [4.78, 5) is 0.243. The molecule has 1 aliphatic carbocycles. The van der Waals surface area contributed by atoms with Crippen LogP contribution in [0, 0.1) is 11.8 Å². The summed E-state index contributed by atoms with van der Waals surface area (Å²) in [5.74, 6) is 0.956. The molecule has 2 N–H and O–H groups in total. The number of nitrogens with one attached hydrogen (secondary N) is 2. The van der Waals surface area contributed by atoms with Gasteiger partial charge in [-0.15, -0.1) is 12.4 Å². The van der Waals surface area contributed by atoms with Crippen molar-refractivity contribution in [3.8, 4) is 0 Å². The van der Waals surface area contributed by atoms with Gasteiger partial charge in [0.25, 0.3) is 0 Å². The van der Waals surface area contributed by atoms with Crippen LogP contribution in [-0.2, 0) is 17.1 Å². The Balaban J connectivity index is 0.00000108. The minimum absolute atomic E-state index is 0. The van der Waals surface area contributed by atoms with E-state index in [0.717, 1.165) is 13.1 Å². The number of rotatable bonds is 3. The molecule has 6 nitrogen and oxygen atoms in total. The molecule has 96 valence electrons. The Bertz CT molecular complexity index is 505. The summed E-state index contributed by atoms with van der Waals surface area (Å²) in [6, 6.07) is 0.117. The van der Waals surface area contributed by atoms with E-state index in [1.165, 1.54) is 17.1 Å². The monoisotopic (exact) mass is 278 g/mol. The number of fused-ring (bicyclic) bond motifs is 1. The third-order valence-electron chi connectivity index (χ3n) is 3.37. The molecule has 2 fully saturated rings. The SMILES string of the molecule is Cl.Cn1cc(S(=O)(=O)NC2C3CNCC32)cn1. The van der Waals surface area contributed by atoms with E-state index in [1.807, 2.05) is 0 Å². The first-order valence-corrected chi connectivity index (χ1v) is 6.78. The maximum Gasteiger partial charge on any atom is 0.243 e. The molecule has 0 radical (unpaired) electrons. The summed E-state index contributed by atoms with van der Waals surface area (Å²) in [5.41, 5.74) is 0. The van der Waals surface area contributed by atoms with Crippen molar-refractivity contribution in [1.82, 2.24) is 19.8 Å². The first-order chi connectivity index (χ1) is 7.58. The van der Waals surface area contributed by atoms with Crippen molar-refractivity contribution in [2.75, 3.05) is 13.1 Å². The van der Waals surface area contributed by atoms with Gasteiger partial charge in [-0.25, -0.2) is 13.1 Å². The Hall–Kier alpha value is -0.630. The fourth-order valence-electron chi connectivity index (χ4n) is 2.38. The Kier molecular flexibility index (Phi) is 3.19. The average Bonchev–Trinajstić information content (AvgIpc) is 2.68. The zero-order valence-electron chi connectivity index (χ0n) is 9.33. The van der Waals surface area contributed by atoms with Crippen LogP contribution in [0.3, 0.4) is 0 Å². The van der Waals surface area contributed by atoms with E-state index in [0.29, 0.717) is 11.8 Å². The van der Waals surface area contributed by atoms with Crippen molar-refractivity contribution in [2.24, 2.45) is 18.9 Å². The molecule has 2 aliphatic rings. The van der Waals surface area contributed by atoms with Gasteiger partial charge < -0.3 is 5.32 Å². The van der Waals surface area contributed by atoms with Gasteiger partial charge in [0.15, 0.2) is 0 Å². The van der Waals surface area contributed by atoms with Gasteiger partial charge in [0.05, 0.1) is 6.20 Å². The van der Waals surface area contributed by atoms with E-state index >= 15 is 0 Å². The number of nitrogens with zero attached hydrogens (tertiary/aromatic N) is 2. The zero-order valence-corrected chi connectivity index (χ0v) is 11.0. The molecule has 3 rings (SSSR count). The number of sulfonamides is 1. The molecule has 2 heterocycles. The number of halogens is 1. The number of aromatic nitrogens is 2. The molecule has 0 aromatic carbocycles. The van der Waals surface area contributed by atoms with Gasteiger partial charge in [0.2, 0.25) is 10.0 Å². The Morgan fingerprint density at radius 1 is 1.47 bits per heavy atom. The summed E-state index contributed by atoms with van der Waals surface area (Å²) < 4.78 is 28.1. The molecule has 0 bridgehead atoms. The molecule has 1 aromatic heterocycles. The first-order valence-electron chi connectivity index (χ1n) is 5.29. The molecular formula is C9H15ClN4O2S. The molecular weight excluding hydrogens is 264 g/mol. The van der Waals surface area contributed by atoms with E-state index in [1.54, 1.807) is 7.05 Å². The number of hydrogen-bond acceptors (Lipinski definition) is 4. The third kappa shape index (κ3) is 2.20. The molecule has 2 atom stereocenters. The van der Waals surface area contributed by atoms with Gasteiger partial charge >= 0.3 is 0 Å². The lowest BCUT2D eigenvalue weighted by Crippen LogP contribution is -2.32. The van der Waals surface area contributed by atoms with E-state index < -0.39 is 10.0 Å². The van der Waals surface area contributed by atoms with Crippen molar-refractivity contribution in [1.29, 1.82) is 0 Å².